The van der Waals surface area contributed by atoms with Gasteiger partial charge in [0, 0.05) is 11.1 Å². The molecule has 1 heterocycles. The first-order valence-corrected chi connectivity index (χ1v) is 10.1. The Hall–Kier alpha value is -3.77. The summed E-state index contributed by atoms with van der Waals surface area (Å²) in [4.78, 5) is 25.7. The normalized spacial score (nSPS) is 13.5. The number of methoxy groups -OCH3 is 2. The fourth-order valence-electron chi connectivity index (χ4n) is 3.46. The lowest BCUT2D eigenvalue weighted by atomic mass is 10.0. The van der Waals surface area contributed by atoms with Crippen LogP contribution in [0.15, 0.2) is 60.4 Å². The molecule has 7 heteroatoms. The van der Waals surface area contributed by atoms with Gasteiger partial charge in [0.15, 0.2) is 5.76 Å². The monoisotopic (exact) mass is 450 g/mol. The molecule has 3 aromatic carbocycles. The van der Waals surface area contributed by atoms with E-state index in [0.717, 1.165) is 5.56 Å². The SMILES string of the molecule is COc1cccc(OC)c1C(=O)Oc1cc(C)c2c(c1)O/C(=C\c1ccc(Cl)cc1)C2=O. The van der Waals surface area contributed by atoms with E-state index >= 15 is 0 Å². The summed E-state index contributed by atoms with van der Waals surface area (Å²) >= 11 is 5.92. The van der Waals surface area contributed by atoms with Crippen molar-refractivity contribution >= 4 is 29.4 Å². The van der Waals surface area contributed by atoms with Crippen molar-refractivity contribution in [2.45, 2.75) is 6.92 Å². The van der Waals surface area contributed by atoms with E-state index in [1.165, 1.54) is 20.3 Å². The predicted molar refractivity (Wildman–Crippen MR) is 120 cm³/mol. The van der Waals surface area contributed by atoms with E-state index in [0.29, 0.717) is 33.4 Å². The summed E-state index contributed by atoms with van der Waals surface area (Å²) in [6, 6.07) is 15.2. The van der Waals surface area contributed by atoms with Gasteiger partial charge in [-0.1, -0.05) is 29.8 Å². The van der Waals surface area contributed by atoms with Crippen LogP contribution in [-0.2, 0) is 0 Å². The van der Waals surface area contributed by atoms with Crippen molar-refractivity contribution in [2.75, 3.05) is 14.2 Å². The number of benzene rings is 3. The van der Waals surface area contributed by atoms with E-state index in [4.69, 9.17) is 30.5 Å². The number of carbonyl (C=O) groups is 2. The van der Waals surface area contributed by atoms with Crippen LogP contribution in [0.1, 0.15) is 31.8 Å². The summed E-state index contributed by atoms with van der Waals surface area (Å²) in [5, 5.41) is 0.600. The lowest BCUT2D eigenvalue weighted by Crippen LogP contribution is -2.12. The number of Topliss-reactive ketones (excluding diaryl/α,β-unsaturated/α-hetero) is 1. The molecule has 0 saturated carbocycles. The number of carbonyl (C=O) groups excluding carboxylic acids is 2. The lowest BCUT2D eigenvalue weighted by molar-refractivity contribution is 0.0727. The average Bonchev–Trinajstić information content (AvgIpc) is 3.09. The zero-order chi connectivity index (χ0) is 22.8. The highest BCUT2D eigenvalue weighted by Gasteiger charge is 2.31. The maximum Gasteiger partial charge on any atom is 0.351 e. The number of hydrogen-bond donors (Lipinski definition) is 0. The molecule has 1 aliphatic rings. The van der Waals surface area contributed by atoms with E-state index in [1.54, 1.807) is 61.5 Å². The molecule has 0 amide bonds. The fourth-order valence-corrected chi connectivity index (χ4v) is 3.58. The minimum atomic E-state index is -0.653. The first kappa shape index (κ1) is 21.5. The van der Waals surface area contributed by atoms with Crippen LogP contribution >= 0.6 is 11.6 Å². The van der Waals surface area contributed by atoms with E-state index in [-0.39, 0.29) is 22.9 Å². The minimum absolute atomic E-state index is 0.163. The van der Waals surface area contributed by atoms with Crippen molar-refractivity contribution in [1.29, 1.82) is 0 Å². The van der Waals surface area contributed by atoms with E-state index < -0.39 is 5.97 Å². The van der Waals surface area contributed by atoms with Crippen molar-refractivity contribution in [3.8, 4) is 23.0 Å². The number of fused-ring (bicyclic) bond motifs is 1. The predicted octanol–water partition coefficient (Wildman–Crippen LogP) is 5.50. The van der Waals surface area contributed by atoms with Crippen LogP contribution in [-0.4, -0.2) is 26.0 Å². The highest BCUT2D eigenvalue weighted by atomic mass is 35.5. The van der Waals surface area contributed by atoms with Crippen LogP contribution in [0.2, 0.25) is 5.02 Å². The molecule has 0 fully saturated rings. The molecule has 0 bridgehead atoms. The average molecular weight is 451 g/mol. The number of halogens is 1. The second-order valence-electron chi connectivity index (χ2n) is 7.03. The second kappa shape index (κ2) is 8.77. The number of hydrogen-bond acceptors (Lipinski definition) is 6. The first-order chi connectivity index (χ1) is 15.4. The van der Waals surface area contributed by atoms with Gasteiger partial charge < -0.3 is 18.9 Å². The molecule has 3 aromatic rings. The smallest absolute Gasteiger partial charge is 0.351 e. The molecule has 6 nitrogen and oxygen atoms in total. The molecule has 0 N–H and O–H groups in total. The van der Waals surface area contributed by atoms with Crippen molar-refractivity contribution in [3.05, 3.63) is 87.6 Å². The molecule has 0 spiro atoms. The number of rotatable bonds is 5. The summed E-state index contributed by atoms with van der Waals surface area (Å²) in [6.45, 7) is 1.76. The fraction of sp³-hybridized carbons (Fsp3) is 0.120. The van der Waals surface area contributed by atoms with Gasteiger partial charge in [-0.25, -0.2) is 4.79 Å². The second-order valence-corrected chi connectivity index (χ2v) is 7.47. The third-order valence-electron chi connectivity index (χ3n) is 4.95. The van der Waals surface area contributed by atoms with Gasteiger partial charge in [-0.05, 0) is 54.5 Å². The van der Waals surface area contributed by atoms with Crippen LogP contribution in [0.3, 0.4) is 0 Å². The Bertz CT molecular complexity index is 1220. The quantitative estimate of drug-likeness (QED) is 0.290. The Kier molecular flexibility index (Phi) is 5.88. The first-order valence-electron chi connectivity index (χ1n) is 9.69. The molecular weight excluding hydrogens is 432 g/mol. The molecule has 32 heavy (non-hydrogen) atoms. The molecule has 0 saturated heterocycles. The van der Waals surface area contributed by atoms with Crippen LogP contribution in [0.4, 0.5) is 0 Å². The van der Waals surface area contributed by atoms with Gasteiger partial charge in [0.1, 0.15) is 28.6 Å². The van der Waals surface area contributed by atoms with Crippen LogP contribution in [0, 0.1) is 6.92 Å². The largest absolute Gasteiger partial charge is 0.496 e. The van der Waals surface area contributed by atoms with Gasteiger partial charge in [0.25, 0.3) is 0 Å². The van der Waals surface area contributed by atoms with Crippen LogP contribution in [0.25, 0.3) is 6.08 Å². The van der Waals surface area contributed by atoms with E-state index in [2.05, 4.69) is 0 Å². The Balaban J connectivity index is 1.63. The Morgan fingerprint density at radius 1 is 1.00 bits per heavy atom. The topological polar surface area (TPSA) is 71.1 Å². The molecule has 162 valence electrons. The van der Waals surface area contributed by atoms with Crippen molar-refractivity contribution < 1.29 is 28.5 Å². The van der Waals surface area contributed by atoms with Gasteiger partial charge in [-0.3, -0.25) is 4.79 Å². The number of aryl methyl sites for hydroxylation is 1. The molecule has 0 radical (unpaired) electrons. The standard InChI is InChI=1S/C25H19ClO6/c1-14-11-17(31-25(28)23-18(29-2)5-4-6-19(23)30-3)13-20-22(14)24(27)21(32-20)12-15-7-9-16(26)10-8-15/h4-13H,1-3H3/b21-12-. The van der Waals surface area contributed by atoms with Gasteiger partial charge in [0.2, 0.25) is 5.78 Å². The summed E-state index contributed by atoms with van der Waals surface area (Å²) in [5.74, 6) is 0.500. The van der Waals surface area contributed by atoms with Gasteiger partial charge in [0.05, 0.1) is 19.8 Å². The molecule has 4 rings (SSSR count). The molecule has 0 aromatic heterocycles. The van der Waals surface area contributed by atoms with Gasteiger partial charge >= 0.3 is 5.97 Å². The van der Waals surface area contributed by atoms with Gasteiger partial charge in [-0.2, -0.15) is 0 Å². The van der Waals surface area contributed by atoms with Crippen molar-refractivity contribution in [3.63, 3.8) is 0 Å². The van der Waals surface area contributed by atoms with Crippen molar-refractivity contribution in [2.24, 2.45) is 0 Å². The zero-order valence-corrected chi connectivity index (χ0v) is 18.4. The molecular formula is C25H19ClO6. The number of esters is 1. The van der Waals surface area contributed by atoms with Gasteiger partial charge in [-0.15, -0.1) is 0 Å². The third kappa shape index (κ3) is 4.05. The van der Waals surface area contributed by atoms with Crippen LogP contribution in [0.5, 0.6) is 23.0 Å². The minimum Gasteiger partial charge on any atom is -0.496 e. The summed E-state index contributed by atoms with van der Waals surface area (Å²) in [7, 11) is 2.91. The highest BCUT2D eigenvalue weighted by Crippen LogP contribution is 2.38. The molecule has 1 aliphatic heterocycles. The molecule has 0 unspecified atom stereocenters. The molecule has 0 aliphatic carbocycles. The highest BCUT2D eigenvalue weighted by molar-refractivity contribution is 6.30. The maximum atomic E-state index is 12.9. The number of ketones is 1. The summed E-state index contributed by atoms with van der Waals surface area (Å²) in [5.41, 5.74) is 2.00. The number of allylic oxidation sites excluding steroid dienone is 1. The van der Waals surface area contributed by atoms with Crippen molar-refractivity contribution in [1.82, 2.24) is 0 Å². The Morgan fingerprint density at radius 3 is 2.28 bits per heavy atom. The Morgan fingerprint density at radius 2 is 1.66 bits per heavy atom. The zero-order valence-electron chi connectivity index (χ0n) is 17.6. The number of ether oxygens (including phenoxy) is 4. The Labute approximate surface area is 189 Å². The third-order valence-corrected chi connectivity index (χ3v) is 5.21. The van der Waals surface area contributed by atoms with E-state index in [9.17, 15) is 9.59 Å². The summed E-state index contributed by atoms with van der Waals surface area (Å²) in [6.07, 6.45) is 1.64. The maximum absolute atomic E-state index is 12.9. The lowest BCUT2D eigenvalue weighted by Gasteiger charge is -2.13. The summed E-state index contributed by atoms with van der Waals surface area (Å²) < 4.78 is 21.9. The van der Waals surface area contributed by atoms with Crippen LogP contribution < -0.4 is 18.9 Å². The molecule has 0 atom stereocenters. The van der Waals surface area contributed by atoms with E-state index in [1.807, 2.05) is 0 Å².